The minimum Gasteiger partial charge on any atom is -0.444 e. The standard InChI is InChI=1S/C25H37N5O.HI/c1-3-26-25(29-21-13-15-30(16-14-21)23-7-5-4-6-8-23)27-17-22-18-31-24(28-22)20-11-9-19(2)10-12-20;/h9-12,18,21,23H,3-8,13-17H2,1-2H3,(H2,26,27,29);1H. The minimum atomic E-state index is 0. The summed E-state index contributed by atoms with van der Waals surface area (Å²) < 4.78 is 5.68. The number of hydrogen-bond donors (Lipinski definition) is 2. The Hall–Kier alpha value is -1.61. The van der Waals surface area contributed by atoms with Crippen LogP contribution in [0.3, 0.4) is 0 Å². The van der Waals surface area contributed by atoms with E-state index in [4.69, 9.17) is 9.41 Å². The van der Waals surface area contributed by atoms with Crippen LogP contribution in [0.2, 0.25) is 0 Å². The second kappa shape index (κ2) is 12.6. The molecule has 1 aromatic carbocycles. The fourth-order valence-electron chi connectivity index (χ4n) is 4.74. The van der Waals surface area contributed by atoms with Gasteiger partial charge in [0, 0.05) is 37.3 Å². The molecule has 2 heterocycles. The first-order chi connectivity index (χ1) is 15.2. The Morgan fingerprint density at radius 3 is 2.50 bits per heavy atom. The van der Waals surface area contributed by atoms with Gasteiger partial charge >= 0.3 is 0 Å². The van der Waals surface area contributed by atoms with Crippen molar-refractivity contribution in [3.05, 3.63) is 41.8 Å². The molecule has 7 heteroatoms. The van der Waals surface area contributed by atoms with Crippen LogP contribution < -0.4 is 10.6 Å². The predicted octanol–water partition coefficient (Wildman–Crippen LogP) is 5.12. The van der Waals surface area contributed by atoms with E-state index in [1.807, 2.05) is 12.1 Å². The summed E-state index contributed by atoms with van der Waals surface area (Å²) in [4.78, 5) is 12.1. The number of nitrogens with one attached hydrogen (secondary N) is 2. The van der Waals surface area contributed by atoms with E-state index < -0.39 is 0 Å². The van der Waals surface area contributed by atoms with Gasteiger partial charge in [0.25, 0.3) is 0 Å². The molecule has 6 nitrogen and oxygen atoms in total. The van der Waals surface area contributed by atoms with Gasteiger partial charge in [0.05, 0.1) is 6.54 Å². The number of aromatic nitrogens is 1. The lowest BCUT2D eigenvalue weighted by atomic mass is 9.92. The monoisotopic (exact) mass is 551 g/mol. The maximum absolute atomic E-state index is 5.68. The molecule has 2 N–H and O–H groups in total. The summed E-state index contributed by atoms with van der Waals surface area (Å²) in [5.74, 6) is 1.52. The largest absolute Gasteiger partial charge is 0.444 e. The van der Waals surface area contributed by atoms with Crippen molar-refractivity contribution in [3.8, 4) is 11.5 Å². The molecule has 1 saturated heterocycles. The van der Waals surface area contributed by atoms with Crippen LogP contribution in [0.4, 0.5) is 0 Å². The number of aryl methyl sites for hydroxylation is 1. The molecular weight excluding hydrogens is 513 g/mol. The maximum Gasteiger partial charge on any atom is 0.226 e. The molecule has 0 spiro atoms. The Balaban J connectivity index is 0.00000289. The number of rotatable bonds is 6. The number of guanidine groups is 1. The van der Waals surface area contributed by atoms with Gasteiger partial charge in [-0.25, -0.2) is 9.98 Å². The molecule has 0 radical (unpaired) electrons. The predicted molar refractivity (Wildman–Crippen MR) is 142 cm³/mol. The van der Waals surface area contributed by atoms with Crippen molar-refractivity contribution in [2.75, 3.05) is 19.6 Å². The highest BCUT2D eigenvalue weighted by molar-refractivity contribution is 14.0. The summed E-state index contributed by atoms with van der Waals surface area (Å²) in [6.45, 7) is 7.94. The average Bonchev–Trinajstić information content (AvgIpc) is 3.28. The third-order valence-corrected chi connectivity index (χ3v) is 6.56. The van der Waals surface area contributed by atoms with Crippen LogP contribution in [0.1, 0.15) is 63.1 Å². The van der Waals surface area contributed by atoms with Gasteiger partial charge in [-0.15, -0.1) is 24.0 Å². The number of aliphatic imine (C=N–C) groups is 1. The lowest BCUT2D eigenvalue weighted by molar-refractivity contribution is 0.119. The maximum atomic E-state index is 5.68. The summed E-state index contributed by atoms with van der Waals surface area (Å²) in [5, 5.41) is 7.04. The first-order valence-electron chi connectivity index (χ1n) is 12.0. The molecular formula is C25H38IN5O. The third kappa shape index (κ3) is 6.94. The van der Waals surface area contributed by atoms with E-state index in [1.54, 1.807) is 6.26 Å². The van der Waals surface area contributed by atoms with Crippen molar-refractivity contribution in [2.24, 2.45) is 4.99 Å². The molecule has 1 aliphatic carbocycles. The lowest BCUT2D eigenvalue weighted by Crippen LogP contribution is -2.50. The highest BCUT2D eigenvalue weighted by atomic mass is 127. The van der Waals surface area contributed by atoms with E-state index in [-0.39, 0.29) is 24.0 Å². The van der Waals surface area contributed by atoms with Gasteiger partial charge in [0.1, 0.15) is 12.0 Å². The molecule has 32 heavy (non-hydrogen) atoms. The molecule has 1 saturated carbocycles. The zero-order valence-corrected chi connectivity index (χ0v) is 21.8. The van der Waals surface area contributed by atoms with Crippen molar-refractivity contribution < 1.29 is 4.42 Å². The topological polar surface area (TPSA) is 65.7 Å². The quantitative estimate of drug-likeness (QED) is 0.297. The van der Waals surface area contributed by atoms with Crippen LogP contribution >= 0.6 is 24.0 Å². The van der Waals surface area contributed by atoms with Gasteiger partial charge < -0.3 is 20.0 Å². The summed E-state index contributed by atoms with van der Waals surface area (Å²) in [6.07, 6.45) is 11.1. The fraction of sp³-hybridized carbons (Fsp3) is 0.600. The summed E-state index contributed by atoms with van der Waals surface area (Å²) in [6, 6.07) is 9.54. The van der Waals surface area contributed by atoms with Gasteiger partial charge in [-0.2, -0.15) is 0 Å². The Labute approximate surface area is 209 Å². The van der Waals surface area contributed by atoms with Crippen LogP contribution in [-0.4, -0.2) is 47.6 Å². The number of halogens is 1. The van der Waals surface area contributed by atoms with E-state index in [2.05, 4.69) is 46.5 Å². The van der Waals surface area contributed by atoms with E-state index in [0.717, 1.165) is 29.8 Å². The first kappa shape index (κ1) is 25.0. The summed E-state index contributed by atoms with van der Waals surface area (Å²) in [7, 11) is 0. The third-order valence-electron chi connectivity index (χ3n) is 6.56. The number of piperidine rings is 1. The number of oxazole rings is 1. The number of hydrogen-bond acceptors (Lipinski definition) is 4. The molecule has 1 aliphatic heterocycles. The van der Waals surface area contributed by atoms with Crippen molar-refractivity contribution in [2.45, 2.75) is 77.4 Å². The second-order valence-electron chi connectivity index (χ2n) is 8.95. The Morgan fingerprint density at radius 1 is 1.09 bits per heavy atom. The fourth-order valence-corrected chi connectivity index (χ4v) is 4.74. The first-order valence-corrected chi connectivity index (χ1v) is 12.0. The molecule has 1 aromatic heterocycles. The molecule has 4 rings (SSSR count). The lowest BCUT2D eigenvalue weighted by Gasteiger charge is -2.39. The van der Waals surface area contributed by atoms with Gasteiger partial charge in [-0.3, -0.25) is 0 Å². The van der Waals surface area contributed by atoms with E-state index >= 15 is 0 Å². The Bertz CT molecular complexity index is 836. The number of benzene rings is 1. The molecule has 0 bridgehead atoms. The van der Waals surface area contributed by atoms with Crippen LogP contribution in [-0.2, 0) is 6.54 Å². The van der Waals surface area contributed by atoms with E-state index in [9.17, 15) is 0 Å². The summed E-state index contributed by atoms with van der Waals surface area (Å²) in [5.41, 5.74) is 3.07. The van der Waals surface area contributed by atoms with Crippen molar-refractivity contribution in [3.63, 3.8) is 0 Å². The Morgan fingerprint density at radius 2 is 1.81 bits per heavy atom. The van der Waals surface area contributed by atoms with Crippen LogP contribution in [0.25, 0.3) is 11.5 Å². The van der Waals surface area contributed by atoms with Gasteiger partial charge in [-0.05, 0) is 51.7 Å². The smallest absolute Gasteiger partial charge is 0.226 e. The number of nitrogens with zero attached hydrogens (tertiary/aromatic N) is 3. The number of likely N-dealkylation sites (tertiary alicyclic amines) is 1. The highest BCUT2D eigenvalue weighted by Gasteiger charge is 2.26. The van der Waals surface area contributed by atoms with Gasteiger partial charge in [0.2, 0.25) is 5.89 Å². The molecule has 0 atom stereocenters. The minimum absolute atomic E-state index is 0. The normalized spacial score (nSPS) is 18.9. The SMILES string of the molecule is CCNC(=NCc1coc(-c2ccc(C)cc2)n1)NC1CCN(C2CCCCC2)CC1.I. The zero-order valence-electron chi connectivity index (χ0n) is 19.5. The second-order valence-corrected chi connectivity index (χ2v) is 8.95. The van der Waals surface area contributed by atoms with Crippen molar-refractivity contribution in [1.29, 1.82) is 0 Å². The van der Waals surface area contributed by atoms with E-state index in [0.29, 0.717) is 18.5 Å². The van der Waals surface area contributed by atoms with Crippen molar-refractivity contribution in [1.82, 2.24) is 20.5 Å². The molecule has 2 fully saturated rings. The molecule has 2 aromatic rings. The highest BCUT2D eigenvalue weighted by Crippen LogP contribution is 2.25. The summed E-state index contributed by atoms with van der Waals surface area (Å²) >= 11 is 0. The average molecular weight is 552 g/mol. The Kier molecular flexibility index (Phi) is 9.84. The van der Waals surface area contributed by atoms with Crippen LogP contribution in [0, 0.1) is 6.92 Å². The van der Waals surface area contributed by atoms with E-state index in [1.165, 1.54) is 63.6 Å². The molecule has 176 valence electrons. The molecule has 2 aliphatic rings. The molecule has 0 unspecified atom stereocenters. The van der Waals surface area contributed by atoms with Crippen LogP contribution in [0.15, 0.2) is 39.9 Å². The molecule has 0 amide bonds. The van der Waals surface area contributed by atoms with Crippen molar-refractivity contribution >= 4 is 29.9 Å². The van der Waals surface area contributed by atoms with Crippen LogP contribution in [0.5, 0.6) is 0 Å². The van der Waals surface area contributed by atoms with Gasteiger partial charge in [-0.1, -0.05) is 37.0 Å². The van der Waals surface area contributed by atoms with Gasteiger partial charge in [0.15, 0.2) is 5.96 Å². The zero-order chi connectivity index (χ0) is 21.5.